The molecule has 4 nitrogen and oxygen atoms in total. The van der Waals surface area contributed by atoms with Crippen LogP contribution in [0.2, 0.25) is 0 Å². The highest BCUT2D eigenvalue weighted by atomic mass is 32.2. The van der Waals surface area contributed by atoms with E-state index in [9.17, 15) is 8.42 Å². The predicted molar refractivity (Wildman–Crippen MR) is 53.9 cm³/mol. The molecule has 0 aliphatic rings. The first kappa shape index (κ1) is 12.6. The quantitative estimate of drug-likeness (QED) is 0.346. The second kappa shape index (κ2) is 6.09. The third-order valence-corrected chi connectivity index (χ3v) is 2.75. The van der Waals surface area contributed by atoms with Crippen molar-refractivity contribution in [3.63, 3.8) is 0 Å². The molecule has 0 saturated carbocycles. The molecule has 0 rings (SSSR count). The average molecular weight is 232 g/mol. The summed E-state index contributed by atoms with van der Waals surface area (Å²) >= 11 is 8.01. The fourth-order valence-corrected chi connectivity index (χ4v) is 0.976. The van der Waals surface area contributed by atoms with Gasteiger partial charge in [-0.05, 0) is 0 Å². The molecule has 0 aromatic carbocycles. The van der Waals surface area contributed by atoms with Gasteiger partial charge in [-0.2, -0.15) is 33.7 Å². The van der Waals surface area contributed by atoms with Crippen molar-refractivity contribution in [2.45, 2.75) is 5.25 Å². The predicted octanol–water partition coefficient (Wildman–Crippen LogP) is 0.119. The summed E-state index contributed by atoms with van der Waals surface area (Å²) in [6.45, 7) is 0.325. The number of hydrogen-bond acceptors (Lipinski definition) is 5. The summed E-state index contributed by atoms with van der Waals surface area (Å²) in [4.78, 5) is 0. The Balaban J connectivity index is 3.34. The summed E-state index contributed by atoms with van der Waals surface area (Å²) in [5, 5.41) is -0.00488. The zero-order valence-corrected chi connectivity index (χ0v) is 8.99. The highest BCUT2D eigenvalue weighted by Crippen LogP contribution is 1.97. The van der Waals surface area contributed by atoms with Crippen LogP contribution in [-0.2, 0) is 14.9 Å². The molecule has 0 amide bonds. The molecule has 0 heterocycles. The highest BCUT2D eigenvalue weighted by molar-refractivity contribution is 7.85. The fraction of sp³-hybridized carbons (Fsp3) is 1.00. The van der Waals surface area contributed by atoms with Crippen LogP contribution in [0.25, 0.3) is 0 Å². The number of rotatable bonds is 6. The zero-order valence-electron chi connectivity index (χ0n) is 6.38. The smallest absolute Gasteiger partial charge is 0.267 e. The molecule has 0 fully saturated rings. The van der Waals surface area contributed by atoms with Gasteiger partial charge in [-0.15, -0.1) is 0 Å². The third kappa shape index (κ3) is 8.66. The molecule has 0 aliphatic heterocycles. The van der Waals surface area contributed by atoms with E-state index in [1.54, 1.807) is 0 Å². The van der Waals surface area contributed by atoms with Crippen molar-refractivity contribution < 1.29 is 17.7 Å². The van der Waals surface area contributed by atoms with Crippen molar-refractivity contribution in [2.24, 2.45) is 0 Å². The van der Waals surface area contributed by atoms with Crippen molar-refractivity contribution >= 4 is 35.4 Å². The normalized spacial score (nSPS) is 14.6. The van der Waals surface area contributed by atoms with Crippen molar-refractivity contribution in [3.8, 4) is 0 Å². The van der Waals surface area contributed by atoms with E-state index in [-0.39, 0.29) is 17.6 Å². The maximum Gasteiger partial charge on any atom is 0.267 e. The second-order valence-corrected chi connectivity index (χ2v) is 4.86. The molecule has 0 spiro atoms. The van der Waals surface area contributed by atoms with Gasteiger partial charge in [0, 0.05) is 11.0 Å². The summed E-state index contributed by atoms with van der Waals surface area (Å²) in [5.41, 5.74) is 0. The Labute approximate surface area is 83.3 Å². The minimum atomic E-state index is -3.90. The Morgan fingerprint density at radius 1 is 1.50 bits per heavy atom. The lowest BCUT2D eigenvalue weighted by molar-refractivity contribution is 0.153. The van der Waals surface area contributed by atoms with Crippen LogP contribution in [0.3, 0.4) is 0 Å². The van der Waals surface area contributed by atoms with E-state index in [4.69, 9.17) is 9.29 Å². The highest BCUT2D eigenvalue weighted by Gasteiger charge is 2.05. The van der Waals surface area contributed by atoms with E-state index >= 15 is 0 Å². The van der Waals surface area contributed by atoms with Crippen molar-refractivity contribution in [1.29, 1.82) is 0 Å². The molecule has 74 valence electrons. The molecular weight excluding hydrogens is 220 g/mol. The SMILES string of the molecule is O=S(=O)(O)CCOC[C@@H](S)CS. The van der Waals surface area contributed by atoms with Gasteiger partial charge < -0.3 is 4.74 Å². The van der Waals surface area contributed by atoms with Gasteiger partial charge in [0.2, 0.25) is 0 Å². The molecule has 0 aromatic heterocycles. The second-order valence-electron chi connectivity index (χ2n) is 2.20. The van der Waals surface area contributed by atoms with Gasteiger partial charge in [0.1, 0.15) is 0 Å². The zero-order chi connectivity index (χ0) is 9.61. The minimum absolute atomic E-state index is 0.00488. The van der Waals surface area contributed by atoms with Crippen LogP contribution in [-0.4, -0.2) is 42.9 Å². The van der Waals surface area contributed by atoms with Crippen LogP contribution in [0, 0.1) is 0 Å². The Kier molecular flexibility index (Phi) is 6.38. The third-order valence-electron chi connectivity index (χ3n) is 1.01. The maximum atomic E-state index is 10.2. The van der Waals surface area contributed by atoms with E-state index in [0.717, 1.165) is 0 Å². The molecule has 0 unspecified atom stereocenters. The van der Waals surface area contributed by atoms with Crippen LogP contribution in [0.5, 0.6) is 0 Å². The number of ether oxygens (including phenoxy) is 1. The first-order chi connectivity index (χ1) is 5.45. The Morgan fingerprint density at radius 2 is 2.08 bits per heavy atom. The van der Waals surface area contributed by atoms with Gasteiger partial charge in [0.15, 0.2) is 0 Å². The van der Waals surface area contributed by atoms with Crippen LogP contribution in [0.1, 0.15) is 0 Å². The van der Waals surface area contributed by atoms with E-state index < -0.39 is 10.1 Å². The van der Waals surface area contributed by atoms with E-state index in [1.165, 1.54) is 0 Å². The molecule has 0 bridgehead atoms. The van der Waals surface area contributed by atoms with Crippen molar-refractivity contribution in [2.75, 3.05) is 24.7 Å². The molecule has 0 radical (unpaired) electrons. The van der Waals surface area contributed by atoms with Gasteiger partial charge in [0.25, 0.3) is 10.1 Å². The fourth-order valence-electron chi connectivity index (χ4n) is 0.436. The lowest BCUT2D eigenvalue weighted by atomic mass is 10.5. The van der Waals surface area contributed by atoms with E-state index in [0.29, 0.717) is 12.4 Å². The molecular formula is C5H12O4S3. The van der Waals surface area contributed by atoms with Crippen LogP contribution in [0.4, 0.5) is 0 Å². The molecule has 0 saturated heterocycles. The Bertz CT molecular complexity index is 201. The van der Waals surface area contributed by atoms with Gasteiger partial charge >= 0.3 is 0 Å². The lowest BCUT2D eigenvalue weighted by Crippen LogP contribution is -2.16. The Hall–Kier alpha value is 0.570. The number of thiol groups is 2. The summed E-state index contributed by atoms with van der Waals surface area (Å²) < 4.78 is 33.6. The topological polar surface area (TPSA) is 63.6 Å². The van der Waals surface area contributed by atoms with Gasteiger partial charge in [-0.1, -0.05) is 0 Å². The summed E-state index contributed by atoms with van der Waals surface area (Å²) in [5.74, 6) is 0.190. The summed E-state index contributed by atoms with van der Waals surface area (Å²) in [7, 11) is -3.90. The minimum Gasteiger partial charge on any atom is -0.379 e. The largest absolute Gasteiger partial charge is 0.379 e. The lowest BCUT2D eigenvalue weighted by Gasteiger charge is -2.06. The molecule has 12 heavy (non-hydrogen) atoms. The van der Waals surface area contributed by atoms with Crippen LogP contribution < -0.4 is 0 Å². The van der Waals surface area contributed by atoms with Crippen LogP contribution in [0.15, 0.2) is 0 Å². The first-order valence-corrected chi connectivity index (χ1v) is 6.03. The first-order valence-electron chi connectivity index (χ1n) is 3.27. The molecule has 7 heteroatoms. The molecule has 0 aliphatic carbocycles. The average Bonchev–Trinajstić information content (AvgIpc) is 1.96. The molecule has 1 atom stereocenters. The van der Waals surface area contributed by atoms with Crippen molar-refractivity contribution in [1.82, 2.24) is 0 Å². The van der Waals surface area contributed by atoms with Gasteiger partial charge in [0.05, 0.1) is 19.0 Å². The Morgan fingerprint density at radius 3 is 2.50 bits per heavy atom. The van der Waals surface area contributed by atoms with E-state index in [1.807, 2.05) is 0 Å². The van der Waals surface area contributed by atoms with E-state index in [2.05, 4.69) is 25.3 Å². The monoisotopic (exact) mass is 232 g/mol. The summed E-state index contributed by atoms with van der Waals surface area (Å²) in [6.07, 6.45) is 0. The van der Waals surface area contributed by atoms with Gasteiger partial charge in [-0.25, -0.2) is 0 Å². The molecule has 1 N–H and O–H groups in total. The van der Waals surface area contributed by atoms with Crippen molar-refractivity contribution in [3.05, 3.63) is 0 Å². The van der Waals surface area contributed by atoms with Gasteiger partial charge in [-0.3, -0.25) is 4.55 Å². The molecule has 0 aromatic rings. The van der Waals surface area contributed by atoms with Crippen LogP contribution >= 0.6 is 25.3 Å². The standard InChI is InChI=1S/C5H12O4S3/c6-12(7,8)2-1-9-3-5(11)4-10/h5,10-11H,1-4H2,(H,6,7,8)/t5-/m1/s1. The summed E-state index contributed by atoms with van der Waals surface area (Å²) in [6, 6.07) is 0. The number of hydrogen-bond donors (Lipinski definition) is 3. The maximum absolute atomic E-state index is 10.2.